The van der Waals surface area contributed by atoms with Crippen LogP contribution in [0.5, 0.6) is 0 Å². The quantitative estimate of drug-likeness (QED) is 0.0659. The molecule has 382 valence electrons. The summed E-state index contributed by atoms with van der Waals surface area (Å²) < 4.78 is 4.95. The van der Waals surface area contributed by atoms with Gasteiger partial charge in [0, 0.05) is 44.3 Å². The lowest BCUT2D eigenvalue weighted by Gasteiger charge is -2.24. The molecule has 2 atom stereocenters. The molecule has 0 fully saturated rings. The van der Waals surface area contributed by atoms with Crippen LogP contribution in [0.3, 0.4) is 0 Å². The third kappa shape index (κ3) is 9.96. The Balaban J connectivity index is 1.12. The molecular weight excluding hydrogens is 947 g/mol. The lowest BCUT2D eigenvalue weighted by Crippen LogP contribution is -2.33. The van der Waals surface area contributed by atoms with E-state index in [1.807, 2.05) is 18.2 Å². The Hall–Kier alpha value is -9.06. The topological polar surface area (TPSA) is 46.6 Å². The fourth-order valence-corrected chi connectivity index (χ4v) is 11.3. The van der Waals surface area contributed by atoms with Gasteiger partial charge in [0.25, 0.3) is 0 Å². The highest BCUT2D eigenvalue weighted by atomic mass is 15.2. The van der Waals surface area contributed by atoms with Crippen LogP contribution in [0.4, 0.5) is 0 Å². The molecule has 9 aromatic rings. The van der Waals surface area contributed by atoms with Crippen molar-refractivity contribution in [3.63, 3.8) is 0 Å². The van der Waals surface area contributed by atoms with Crippen LogP contribution in [0.2, 0.25) is 0 Å². The van der Waals surface area contributed by atoms with E-state index in [0.29, 0.717) is 17.6 Å². The van der Waals surface area contributed by atoms with Gasteiger partial charge in [-0.25, -0.2) is 9.98 Å². The van der Waals surface area contributed by atoms with E-state index in [1.54, 1.807) is 0 Å². The van der Waals surface area contributed by atoms with Gasteiger partial charge in [-0.15, -0.1) is 6.58 Å². The monoisotopic (exact) mass is 1010 g/mol. The van der Waals surface area contributed by atoms with Crippen LogP contribution >= 0.6 is 0 Å². The third-order valence-electron chi connectivity index (χ3n) is 15.5. The van der Waals surface area contributed by atoms with E-state index in [1.165, 1.54) is 49.3 Å². The standard InChI is InChI=1S/C73H65N5/c1-6-7-8-18-33-70-74-71(76-72(75-70)57-27-16-11-17-28-57)50(2)46-63(56-40-38-55(39-41-56)53-25-14-10-15-26-53)68(47-51-34-36-54(37-35-51)52-23-12-9-13-24-52)78-67-45-42-58(73(3,4)5)48-64(67)62-44-43-59(49-69(62)78)77-65-31-21-19-29-60(65)61-30-20-22-32-66(61)77/h6,10-12,14-36,38-49,54,72H,1-2,7-9,13,37H2,3-5H3,(H,74,75,76)/b33-18+,63-46-,68-47-. The number of unbranched alkanes of at least 4 members (excludes halogenated alkanes) is 1. The van der Waals surface area contributed by atoms with Gasteiger partial charge in [0.05, 0.1) is 27.8 Å². The number of benzene rings is 7. The summed E-state index contributed by atoms with van der Waals surface area (Å²) >= 11 is 0. The van der Waals surface area contributed by atoms with Gasteiger partial charge in [-0.3, -0.25) is 0 Å². The second-order valence-electron chi connectivity index (χ2n) is 21.7. The normalized spacial score (nSPS) is 17.1. The fourth-order valence-electron chi connectivity index (χ4n) is 11.3. The highest BCUT2D eigenvalue weighted by Gasteiger charge is 2.26. The van der Waals surface area contributed by atoms with E-state index in [2.05, 4.69) is 260 Å². The molecule has 0 saturated heterocycles. The van der Waals surface area contributed by atoms with Crippen molar-refractivity contribution >= 4 is 66.6 Å². The minimum atomic E-state index is -0.361. The predicted molar refractivity (Wildman–Crippen MR) is 333 cm³/mol. The maximum absolute atomic E-state index is 5.20. The second kappa shape index (κ2) is 21.5. The number of allylic oxidation sites excluding steroid dienone is 13. The van der Waals surface area contributed by atoms with Crippen LogP contribution in [0, 0.1) is 5.92 Å². The maximum Gasteiger partial charge on any atom is 0.151 e. The van der Waals surface area contributed by atoms with Crippen molar-refractivity contribution in [2.75, 3.05) is 0 Å². The van der Waals surface area contributed by atoms with Crippen molar-refractivity contribution in [1.29, 1.82) is 0 Å². The molecule has 0 saturated carbocycles. The molecule has 12 rings (SSSR count). The smallest absolute Gasteiger partial charge is 0.151 e. The average molecular weight is 1010 g/mol. The number of aromatic nitrogens is 2. The number of amidine groups is 2. The van der Waals surface area contributed by atoms with Crippen LogP contribution in [0.15, 0.2) is 277 Å². The molecule has 5 nitrogen and oxygen atoms in total. The lowest BCUT2D eigenvalue weighted by molar-refractivity contribution is 0.591. The Morgan fingerprint density at radius 2 is 1.38 bits per heavy atom. The zero-order valence-electron chi connectivity index (χ0n) is 44.9. The number of hydrogen-bond acceptors (Lipinski definition) is 3. The van der Waals surface area contributed by atoms with Gasteiger partial charge in [-0.05, 0) is 131 Å². The first-order chi connectivity index (χ1) is 38.2. The molecule has 3 heterocycles. The molecule has 5 heteroatoms. The molecule has 0 spiro atoms. The summed E-state index contributed by atoms with van der Waals surface area (Å²) in [5.74, 6) is 1.64. The molecule has 7 aromatic carbocycles. The molecule has 3 aliphatic rings. The molecule has 1 N–H and O–H groups in total. The molecule has 1 aliphatic heterocycles. The van der Waals surface area contributed by atoms with E-state index >= 15 is 0 Å². The summed E-state index contributed by atoms with van der Waals surface area (Å²) in [5, 5.41) is 8.56. The van der Waals surface area contributed by atoms with Crippen molar-refractivity contribution < 1.29 is 0 Å². The van der Waals surface area contributed by atoms with Gasteiger partial charge in [-0.2, -0.15) is 0 Å². The van der Waals surface area contributed by atoms with Crippen LogP contribution < -0.4 is 5.32 Å². The van der Waals surface area contributed by atoms with Crippen LogP contribution in [0.1, 0.15) is 75.7 Å². The molecule has 2 unspecified atom stereocenters. The Bertz CT molecular complexity index is 4020. The largest absolute Gasteiger partial charge is 0.344 e. The number of para-hydroxylation sites is 2. The summed E-state index contributed by atoms with van der Waals surface area (Å²) in [6.07, 6.45) is 29.4. The summed E-state index contributed by atoms with van der Waals surface area (Å²) in [7, 11) is 0. The van der Waals surface area contributed by atoms with Gasteiger partial charge in [0.15, 0.2) is 5.84 Å². The minimum absolute atomic E-state index is 0.0704. The highest BCUT2D eigenvalue weighted by molar-refractivity contribution is 6.18. The second-order valence-corrected chi connectivity index (χ2v) is 21.7. The number of nitrogens with one attached hydrogen (secondary N) is 1. The molecule has 2 aliphatic carbocycles. The molecule has 0 bridgehead atoms. The Morgan fingerprint density at radius 3 is 2.08 bits per heavy atom. The van der Waals surface area contributed by atoms with Crippen molar-refractivity contribution in [2.45, 2.75) is 64.5 Å². The summed E-state index contributed by atoms with van der Waals surface area (Å²) in [6, 6.07) is 61.7. The fraction of sp³-hybridized carbons (Fsp3) is 0.151. The number of hydrogen-bond donors (Lipinski definition) is 1. The molecule has 2 aromatic heterocycles. The zero-order valence-corrected chi connectivity index (χ0v) is 44.9. The lowest BCUT2D eigenvalue weighted by atomic mass is 9.86. The molecular formula is C73H65N5. The zero-order chi connectivity index (χ0) is 53.2. The van der Waals surface area contributed by atoms with Crippen molar-refractivity contribution in [1.82, 2.24) is 14.5 Å². The number of nitrogens with zero attached hydrogens (tertiary/aromatic N) is 4. The van der Waals surface area contributed by atoms with Gasteiger partial charge in [0.2, 0.25) is 0 Å². The van der Waals surface area contributed by atoms with E-state index in [9.17, 15) is 0 Å². The Morgan fingerprint density at radius 1 is 0.679 bits per heavy atom. The highest BCUT2D eigenvalue weighted by Crippen LogP contribution is 2.43. The van der Waals surface area contributed by atoms with Crippen LogP contribution in [-0.2, 0) is 5.41 Å². The Labute approximate surface area is 459 Å². The Kier molecular flexibility index (Phi) is 13.7. The minimum Gasteiger partial charge on any atom is -0.344 e. The summed E-state index contributed by atoms with van der Waals surface area (Å²) in [4.78, 5) is 10.3. The van der Waals surface area contributed by atoms with Crippen molar-refractivity contribution in [3.8, 4) is 16.8 Å². The number of rotatable bonds is 14. The number of fused-ring (bicyclic) bond motifs is 6. The van der Waals surface area contributed by atoms with Crippen LogP contribution in [0.25, 0.3) is 71.7 Å². The third-order valence-corrected chi connectivity index (χ3v) is 15.5. The van der Waals surface area contributed by atoms with Gasteiger partial charge in [-0.1, -0.05) is 209 Å². The molecule has 0 radical (unpaired) electrons. The average Bonchev–Trinajstić information content (AvgIpc) is 4.20. The molecule has 0 amide bonds. The van der Waals surface area contributed by atoms with Crippen LogP contribution in [-0.4, -0.2) is 20.8 Å². The van der Waals surface area contributed by atoms with Crippen molar-refractivity contribution in [3.05, 3.63) is 283 Å². The SMILES string of the molecule is C=CCC/C=C/C1=NC(c2ccccc2)NC(C(=C)/C=C(\C(=C\C2=CCC(C3=CCCC=C3)C=C2)n2c3ccc(C(C)(C)C)cc3c3ccc(-n4c5ccccc5c5ccccc54)cc32)c2ccc(-c3ccccc3)cc2)=N1. The first kappa shape index (κ1) is 49.8. The van der Waals surface area contributed by atoms with Gasteiger partial charge >= 0.3 is 0 Å². The maximum atomic E-state index is 5.20. The first-order valence-electron chi connectivity index (χ1n) is 27.6. The number of aliphatic imine (C=N–C) groups is 2. The van der Waals surface area contributed by atoms with E-state index < -0.39 is 0 Å². The molecule has 78 heavy (non-hydrogen) atoms. The summed E-state index contributed by atoms with van der Waals surface area (Å²) in [6.45, 7) is 15.7. The first-order valence-corrected chi connectivity index (χ1v) is 27.6. The van der Waals surface area contributed by atoms with Gasteiger partial charge in [0.1, 0.15) is 12.0 Å². The van der Waals surface area contributed by atoms with E-state index in [4.69, 9.17) is 16.6 Å². The van der Waals surface area contributed by atoms with Crippen molar-refractivity contribution in [2.24, 2.45) is 15.9 Å². The predicted octanol–water partition coefficient (Wildman–Crippen LogP) is 18.7. The van der Waals surface area contributed by atoms with Gasteiger partial charge < -0.3 is 14.5 Å². The van der Waals surface area contributed by atoms with E-state index in [-0.39, 0.29) is 11.6 Å². The van der Waals surface area contributed by atoms with E-state index in [0.717, 1.165) is 87.9 Å². The summed E-state index contributed by atoms with van der Waals surface area (Å²) in [5.41, 5.74) is 16.6.